The first-order chi connectivity index (χ1) is 7.30. The highest BCUT2D eigenvalue weighted by molar-refractivity contribution is 5.04. The van der Waals surface area contributed by atoms with Crippen LogP contribution in [0.25, 0.3) is 0 Å². The smallest absolute Gasteiger partial charge is 0.162 e. The monoisotopic (exact) mass is 214 g/mol. The van der Waals surface area contributed by atoms with Crippen LogP contribution >= 0.6 is 0 Å². The molecule has 15 heavy (non-hydrogen) atoms. The van der Waals surface area contributed by atoms with Gasteiger partial charge >= 0.3 is 0 Å². The van der Waals surface area contributed by atoms with Crippen LogP contribution in [0.2, 0.25) is 0 Å². The standard InChI is InChI=1S/C10H18N2O3/c1-3-12(4-5-13)7-9-6-10(8-14-2)15-11-9/h6,13H,3-5,7-8H2,1-2H3. The zero-order valence-electron chi connectivity index (χ0n) is 9.27. The first-order valence-electron chi connectivity index (χ1n) is 5.06. The number of rotatable bonds is 7. The van der Waals surface area contributed by atoms with Crippen LogP contribution in [0.4, 0.5) is 0 Å². The van der Waals surface area contributed by atoms with E-state index >= 15 is 0 Å². The molecule has 1 N–H and O–H groups in total. The fourth-order valence-corrected chi connectivity index (χ4v) is 1.36. The van der Waals surface area contributed by atoms with Gasteiger partial charge in [-0.25, -0.2) is 0 Å². The van der Waals surface area contributed by atoms with E-state index in [2.05, 4.69) is 10.1 Å². The Kier molecular flexibility index (Phi) is 5.31. The van der Waals surface area contributed by atoms with Crippen LogP contribution in [0, 0.1) is 0 Å². The van der Waals surface area contributed by atoms with Crippen molar-refractivity contribution in [3.8, 4) is 0 Å². The lowest BCUT2D eigenvalue weighted by atomic mass is 10.3. The molecule has 0 spiro atoms. The van der Waals surface area contributed by atoms with Gasteiger partial charge in [0.05, 0.1) is 12.3 Å². The normalized spacial score (nSPS) is 11.2. The van der Waals surface area contributed by atoms with E-state index in [0.29, 0.717) is 19.7 Å². The summed E-state index contributed by atoms with van der Waals surface area (Å²) in [6.07, 6.45) is 0. The van der Waals surface area contributed by atoms with Gasteiger partial charge in [-0.15, -0.1) is 0 Å². The fraction of sp³-hybridized carbons (Fsp3) is 0.700. The topological polar surface area (TPSA) is 58.7 Å². The minimum atomic E-state index is 0.163. The maximum Gasteiger partial charge on any atom is 0.162 e. The van der Waals surface area contributed by atoms with Gasteiger partial charge in [0.1, 0.15) is 6.61 Å². The lowest BCUT2D eigenvalue weighted by Crippen LogP contribution is -2.26. The van der Waals surface area contributed by atoms with Crippen LogP contribution in [-0.2, 0) is 17.9 Å². The average molecular weight is 214 g/mol. The molecule has 0 unspecified atom stereocenters. The molecule has 0 saturated carbocycles. The average Bonchev–Trinajstić information content (AvgIpc) is 2.66. The zero-order chi connectivity index (χ0) is 11.1. The predicted molar refractivity (Wildman–Crippen MR) is 55.3 cm³/mol. The molecule has 86 valence electrons. The summed E-state index contributed by atoms with van der Waals surface area (Å²) in [6, 6.07) is 1.88. The van der Waals surface area contributed by atoms with E-state index in [-0.39, 0.29) is 6.61 Å². The van der Waals surface area contributed by atoms with Crippen LogP contribution in [0.3, 0.4) is 0 Å². The van der Waals surface area contributed by atoms with Crippen LogP contribution in [0.5, 0.6) is 0 Å². The Morgan fingerprint density at radius 1 is 1.60 bits per heavy atom. The number of aromatic nitrogens is 1. The van der Waals surface area contributed by atoms with Gasteiger partial charge in [0.25, 0.3) is 0 Å². The Balaban J connectivity index is 2.47. The van der Waals surface area contributed by atoms with Gasteiger partial charge in [0, 0.05) is 26.3 Å². The van der Waals surface area contributed by atoms with Crippen molar-refractivity contribution >= 4 is 0 Å². The molecule has 1 rings (SSSR count). The molecule has 0 radical (unpaired) electrons. The fourth-order valence-electron chi connectivity index (χ4n) is 1.36. The Bertz CT molecular complexity index is 275. The molecule has 5 nitrogen and oxygen atoms in total. The Morgan fingerprint density at radius 3 is 3.00 bits per heavy atom. The van der Waals surface area contributed by atoms with Crippen molar-refractivity contribution in [2.75, 3.05) is 26.8 Å². The second kappa shape index (κ2) is 6.55. The van der Waals surface area contributed by atoms with Crippen molar-refractivity contribution in [3.05, 3.63) is 17.5 Å². The van der Waals surface area contributed by atoms with E-state index in [1.807, 2.05) is 13.0 Å². The van der Waals surface area contributed by atoms with Gasteiger partial charge in [-0.1, -0.05) is 12.1 Å². The molecule has 0 amide bonds. The molecule has 1 aromatic rings. The molecular formula is C10H18N2O3. The first kappa shape index (κ1) is 12.2. The second-order valence-electron chi connectivity index (χ2n) is 3.31. The summed E-state index contributed by atoms with van der Waals surface area (Å²) in [6.45, 7) is 4.89. The molecule has 0 aliphatic rings. The number of ether oxygens (including phenoxy) is 1. The van der Waals surface area contributed by atoms with Gasteiger partial charge in [0.2, 0.25) is 0 Å². The Morgan fingerprint density at radius 2 is 2.40 bits per heavy atom. The van der Waals surface area contributed by atoms with E-state index < -0.39 is 0 Å². The number of likely N-dealkylation sites (N-methyl/N-ethyl adjacent to an activating group) is 1. The lowest BCUT2D eigenvalue weighted by Gasteiger charge is -2.16. The second-order valence-corrected chi connectivity index (χ2v) is 3.31. The molecule has 5 heteroatoms. The van der Waals surface area contributed by atoms with Gasteiger partial charge < -0.3 is 14.4 Å². The molecule has 1 heterocycles. The molecular weight excluding hydrogens is 196 g/mol. The first-order valence-corrected chi connectivity index (χ1v) is 5.06. The number of hydrogen-bond donors (Lipinski definition) is 1. The highest BCUT2D eigenvalue weighted by atomic mass is 16.5. The lowest BCUT2D eigenvalue weighted by molar-refractivity contribution is 0.155. The number of methoxy groups -OCH3 is 1. The molecule has 0 aliphatic carbocycles. The molecule has 0 fully saturated rings. The van der Waals surface area contributed by atoms with Crippen molar-refractivity contribution in [1.29, 1.82) is 0 Å². The third kappa shape index (κ3) is 3.99. The van der Waals surface area contributed by atoms with Crippen LogP contribution in [-0.4, -0.2) is 42.0 Å². The number of nitrogens with zero attached hydrogens (tertiary/aromatic N) is 2. The Labute approximate surface area is 89.6 Å². The maximum atomic E-state index is 8.83. The van der Waals surface area contributed by atoms with Crippen molar-refractivity contribution in [1.82, 2.24) is 10.1 Å². The van der Waals surface area contributed by atoms with Gasteiger partial charge in [0.15, 0.2) is 5.76 Å². The molecule has 0 atom stereocenters. The van der Waals surface area contributed by atoms with E-state index in [1.54, 1.807) is 7.11 Å². The van der Waals surface area contributed by atoms with Crippen molar-refractivity contribution in [2.45, 2.75) is 20.1 Å². The van der Waals surface area contributed by atoms with E-state index in [1.165, 1.54) is 0 Å². The summed E-state index contributed by atoms with van der Waals surface area (Å²) < 4.78 is 10.00. The van der Waals surface area contributed by atoms with Crippen molar-refractivity contribution in [2.24, 2.45) is 0 Å². The van der Waals surface area contributed by atoms with Crippen molar-refractivity contribution < 1.29 is 14.4 Å². The number of hydrogen-bond acceptors (Lipinski definition) is 5. The number of aliphatic hydroxyl groups excluding tert-OH is 1. The van der Waals surface area contributed by atoms with Crippen molar-refractivity contribution in [3.63, 3.8) is 0 Å². The summed E-state index contributed by atoms with van der Waals surface area (Å²) in [5, 5.41) is 12.8. The SMILES string of the molecule is CCN(CCO)Cc1cc(COC)on1. The van der Waals surface area contributed by atoms with Gasteiger partial charge in [-0.2, -0.15) is 0 Å². The molecule has 1 aromatic heterocycles. The highest BCUT2D eigenvalue weighted by Crippen LogP contribution is 2.07. The molecule has 0 saturated heterocycles. The van der Waals surface area contributed by atoms with Crippen LogP contribution < -0.4 is 0 Å². The Hall–Kier alpha value is -0.910. The van der Waals surface area contributed by atoms with Crippen LogP contribution in [0.15, 0.2) is 10.6 Å². The maximum absolute atomic E-state index is 8.83. The van der Waals surface area contributed by atoms with E-state index in [0.717, 1.165) is 18.0 Å². The molecule has 0 aliphatic heterocycles. The summed E-state index contributed by atoms with van der Waals surface area (Å²) in [5.74, 6) is 0.729. The molecule has 0 aromatic carbocycles. The largest absolute Gasteiger partial charge is 0.395 e. The van der Waals surface area contributed by atoms with Gasteiger partial charge in [-0.05, 0) is 6.54 Å². The van der Waals surface area contributed by atoms with Crippen LogP contribution in [0.1, 0.15) is 18.4 Å². The number of aliphatic hydroxyl groups is 1. The third-order valence-electron chi connectivity index (χ3n) is 2.14. The molecule has 0 bridgehead atoms. The van der Waals surface area contributed by atoms with E-state index in [4.69, 9.17) is 14.4 Å². The predicted octanol–water partition coefficient (Wildman–Crippen LogP) is 0.635. The van der Waals surface area contributed by atoms with Gasteiger partial charge in [-0.3, -0.25) is 4.90 Å². The summed E-state index contributed by atoms with van der Waals surface area (Å²) in [7, 11) is 1.62. The summed E-state index contributed by atoms with van der Waals surface area (Å²) in [5.41, 5.74) is 0.873. The minimum Gasteiger partial charge on any atom is -0.395 e. The third-order valence-corrected chi connectivity index (χ3v) is 2.14. The highest BCUT2D eigenvalue weighted by Gasteiger charge is 2.08. The minimum absolute atomic E-state index is 0.163. The summed E-state index contributed by atoms with van der Waals surface area (Å²) >= 11 is 0. The summed E-state index contributed by atoms with van der Waals surface area (Å²) in [4.78, 5) is 2.09. The zero-order valence-corrected chi connectivity index (χ0v) is 9.27. The quantitative estimate of drug-likeness (QED) is 0.721. The van der Waals surface area contributed by atoms with E-state index in [9.17, 15) is 0 Å².